The molecule has 3 unspecified atom stereocenters. The number of ether oxygens (including phenoxy) is 1. The van der Waals surface area contributed by atoms with E-state index in [1.54, 1.807) is 7.11 Å². The molecule has 1 heterocycles. The molecule has 2 amide bonds. The van der Waals surface area contributed by atoms with Crippen LogP contribution in [-0.2, 0) is 9.53 Å². The van der Waals surface area contributed by atoms with Gasteiger partial charge in [0.05, 0.1) is 18.0 Å². The van der Waals surface area contributed by atoms with Gasteiger partial charge in [-0.2, -0.15) is 0 Å². The summed E-state index contributed by atoms with van der Waals surface area (Å²) in [6, 6.07) is -1.14. The number of hydrogen-bond acceptors (Lipinski definition) is 4. The standard InChI is InChI=1S/C12H22N2O4S/c1-4-5-9(6-18-3)13-12(17)14-8(2)19-7-10(14)11(15)16/h8-10H,4-7H2,1-3H3,(H,13,17)(H,15,16). The molecule has 0 aromatic rings. The van der Waals surface area contributed by atoms with Gasteiger partial charge < -0.3 is 15.2 Å². The maximum absolute atomic E-state index is 12.2. The molecule has 1 saturated heterocycles. The number of nitrogens with one attached hydrogen (secondary N) is 1. The van der Waals surface area contributed by atoms with E-state index in [9.17, 15) is 9.59 Å². The van der Waals surface area contributed by atoms with E-state index in [0.717, 1.165) is 12.8 Å². The van der Waals surface area contributed by atoms with Crippen molar-refractivity contribution in [3.05, 3.63) is 0 Å². The Labute approximate surface area is 117 Å². The zero-order chi connectivity index (χ0) is 14.4. The summed E-state index contributed by atoms with van der Waals surface area (Å²) in [4.78, 5) is 24.8. The van der Waals surface area contributed by atoms with Crippen molar-refractivity contribution in [2.45, 2.75) is 44.1 Å². The molecule has 3 atom stereocenters. The normalized spacial score (nSPS) is 24.3. The van der Waals surface area contributed by atoms with E-state index in [1.165, 1.54) is 16.7 Å². The summed E-state index contributed by atoms with van der Waals surface area (Å²) in [5.74, 6) is -0.516. The molecule has 6 nitrogen and oxygen atoms in total. The number of carbonyl (C=O) groups is 2. The highest BCUT2D eigenvalue weighted by atomic mass is 32.2. The van der Waals surface area contributed by atoms with Crippen LogP contribution in [0.4, 0.5) is 4.79 Å². The number of urea groups is 1. The number of hydrogen-bond donors (Lipinski definition) is 2. The van der Waals surface area contributed by atoms with E-state index in [-0.39, 0.29) is 17.4 Å². The highest BCUT2D eigenvalue weighted by Crippen LogP contribution is 2.28. The van der Waals surface area contributed by atoms with Gasteiger partial charge in [0.2, 0.25) is 0 Å². The second-order valence-electron chi connectivity index (χ2n) is 4.58. The summed E-state index contributed by atoms with van der Waals surface area (Å²) >= 11 is 1.48. The summed E-state index contributed by atoms with van der Waals surface area (Å²) in [5, 5.41) is 11.9. The third-order valence-corrected chi connectivity index (χ3v) is 4.29. The maximum Gasteiger partial charge on any atom is 0.327 e. The van der Waals surface area contributed by atoms with E-state index in [2.05, 4.69) is 5.32 Å². The zero-order valence-electron chi connectivity index (χ0n) is 11.6. The van der Waals surface area contributed by atoms with Crippen LogP contribution >= 0.6 is 11.8 Å². The Hall–Kier alpha value is -0.950. The van der Waals surface area contributed by atoms with Crippen LogP contribution in [0.15, 0.2) is 0 Å². The number of aliphatic carboxylic acids is 1. The second kappa shape index (κ2) is 7.59. The fraction of sp³-hybridized carbons (Fsp3) is 0.833. The number of methoxy groups -OCH3 is 1. The highest BCUT2D eigenvalue weighted by Gasteiger charge is 2.39. The Morgan fingerprint density at radius 3 is 2.79 bits per heavy atom. The van der Waals surface area contributed by atoms with Gasteiger partial charge in [-0.15, -0.1) is 11.8 Å². The average Bonchev–Trinajstić information content (AvgIpc) is 2.72. The number of carbonyl (C=O) groups excluding carboxylic acids is 1. The Bertz CT molecular complexity index is 321. The lowest BCUT2D eigenvalue weighted by Crippen LogP contribution is -2.52. The van der Waals surface area contributed by atoms with Gasteiger partial charge >= 0.3 is 12.0 Å². The number of carboxylic acid groups (broad SMARTS) is 1. The number of amides is 2. The first-order valence-corrected chi connectivity index (χ1v) is 7.48. The molecule has 0 aromatic carbocycles. The number of thioether (sulfide) groups is 1. The van der Waals surface area contributed by atoms with Gasteiger partial charge in [0.25, 0.3) is 0 Å². The van der Waals surface area contributed by atoms with E-state index >= 15 is 0 Å². The first-order chi connectivity index (χ1) is 9.01. The summed E-state index contributed by atoms with van der Waals surface area (Å²) in [7, 11) is 1.59. The van der Waals surface area contributed by atoms with E-state index in [1.807, 2.05) is 13.8 Å². The lowest BCUT2D eigenvalue weighted by atomic mass is 10.2. The van der Waals surface area contributed by atoms with E-state index in [4.69, 9.17) is 9.84 Å². The predicted octanol–water partition coefficient (Wildman–Crippen LogP) is 1.36. The van der Waals surface area contributed by atoms with Gasteiger partial charge in [0.1, 0.15) is 6.04 Å². The number of rotatable bonds is 6. The molecule has 0 saturated carbocycles. The van der Waals surface area contributed by atoms with Crippen molar-refractivity contribution in [3.63, 3.8) is 0 Å². The molecule has 0 spiro atoms. The lowest BCUT2D eigenvalue weighted by Gasteiger charge is -2.28. The van der Waals surface area contributed by atoms with Crippen LogP contribution in [0, 0.1) is 0 Å². The van der Waals surface area contributed by atoms with Gasteiger partial charge in [-0.05, 0) is 13.3 Å². The third-order valence-electron chi connectivity index (χ3n) is 3.07. The minimum absolute atomic E-state index is 0.0743. The van der Waals surface area contributed by atoms with Gasteiger partial charge in [-0.3, -0.25) is 4.90 Å². The smallest absolute Gasteiger partial charge is 0.327 e. The molecule has 110 valence electrons. The van der Waals surface area contributed by atoms with Crippen molar-refractivity contribution >= 4 is 23.8 Å². The molecule has 1 rings (SSSR count). The Balaban J connectivity index is 2.66. The summed E-state index contributed by atoms with van der Waals surface area (Å²) in [5.41, 5.74) is 0. The minimum Gasteiger partial charge on any atom is -0.480 e. The van der Waals surface area contributed by atoms with Gasteiger partial charge in [-0.25, -0.2) is 9.59 Å². The van der Waals surface area contributed by atoms with Crippen LogP contribution in [0.3, 0.4) is 0 Å². The molecule has 19 heavy (non-hydrogen) atoms. The zero-order valence-corrected chi connectivity index (χ0v) is 12.4. The molecule has 1 aliphatic rings. The minimum atomic E-state index is -0.953. The van der Waals surface area contributed by atoms with Crippen LogP contribution in [-0.4, -0.2) is 58.9 Å². The highest BCUT2D eigenvalue weighted by molar-refractivity contribution is 8.00. The van der Waals surface area contributed by atoms with Gasteiger partial charge in [0.15, 0.2) is 0 Å². The molecule has 7 heteroatoms. The van der Waals surface area contributed by atoms with Crippen LogP contribution in [0.25, 0.3) is 0 Å². The topological polar surface area (TPSA) is 78.9 Å². The largest absolute Gasteiger partial charge is 0.480 e. The van der Waals surface area contributed by atoms with Gasteiger partial charge in [-0.1, -0.05) is 13.3 Å². The van der Waals surface area contributed by atoms with Crippen molar-refractivity contribution in [3.8, 4) is 0 Å². The maximum atomic E-state index is 12.2. The van der Waals surface area contributed by atoms with Crippen molar-refractivity contribution in [2.24, 2.45) is 0 Å². The third kappa shape index (κ3) is 4.28. The van der Waals surface area contributed by atoms with Crippen LogP contribution in [0.1, 0.15) is 26.7 Å². The van der Waals surface area contributed by atoms with Crippen LogP contribution in [0.2, 0.25) is 0 Å². The fourth-order valence-corrected chi connectivity index (χ4v) is 3.30. The Morgan fingerprint density at radius 2 is 2.26 bits per heavy atom. The van der Waals surface area contributed by atoms with E-state index < -0.39 is 12.0 Å². The van der Waals surface area contributed by atoms with Crippen molar-refractivity contribution in [1.29, 1.82) is 0 Å². The molecule has 0 aromatic heterocycles. The molecular formula is C12H22N2O4S. The SMILES string of the molecule is CCCC(COC)NC(=O)N1C(C)SCC1C(=O)O. The fourth-order valence-electron chi connectivity index (χ4n) is 2.14. The molecule has 2 N–H and O–H groups in total. The summed E-state index contributed by atoms with van der Waals surface area (Å²) < 4.78 is 5.07. The monoisotopic (exact) mass is 290 g/mol. The van der Waals surface area contributed by atoms with Crippen molar-refractivity contribution < 1.29 is 19.4 Å². The van der Waals surface area contributed by atoms with Crippen LogP contribution in [0.5, 0.6) is 0 Å². The number of nitrogens with zero attached hydrogens (tertiary/aromatic N) is 1. The first kappa shape index (κ1) is 16.1. The number of carboxylic acids is 1. The van der Waals surface area contributed by atoms with E-state index in [0.29, 0.717) is 12.4 Å². The molecule has 1 aliphatic heterocycles. The lowest BCUT2D eigenvalue weighted by molar-refractivity contribution is -0.141. The Morgan fingerprint density at radius 1 is 1.58 bits per heavy atom. The molecule has 0 aliphatic carbocycles. The first-order valence-electron chi connectivity index (χ1n) is 6.43. The molecular weight excluding hydrogens is 268 g/mol. The summed E-state index contributed by atoms with van der Waals surface area (Å²) in [6.07, 6.45) is 1.74. The molecule has 0 radical (unpaired) electrons. The molecule has 0 bridgehead atoms. The van der Waals surface area contributed by atoms with Gasteiger partial charge in [0, 0.05) is 12.9 Å². The quantitative estimate of drug-likeness (QED) is 0.772. The Kier molecular flexibility index (Phi) is 6.44. The van der Waals surface area contributed by atoms with Crippen LogP contribution < -0.4 is 5.32 Å². The predicted molar refractivity (Wildman–Crippen MR) is 74.3 cm³/mol. The van der Waals surface area contributed by atoms with Crippen molar-refractivity contribution in [1.82, 2.24) is 10.2 Å². The molecule has 1 fully saturated rings. The summed E-state index contributed by atoms with van der Waals surface area (Å²) in [6.45, 7) is 4.31. The van der Waals surface area contributed by atoms with Crippen molar-refractivity contribution in [2.75, 3.05) is 19.5 Å². The average molecular weight is 290 g/mol. The second-order valence-corrected chi connectivity index (χ2v) is 5.93.